The number of piperazine rings is 1. The predicted octanol–water partition coefficient (Wildman–Crippen LogP) is 1.14. The van der Waals surface area contributed by atoms with Crippen LogP contribution in [0.15, 0.2) is 22.9 Å². The molecule has 9 nitrogen and oxygen atoms in total. The zero-order valence-electron chi connectivity index (χ0n) is 15.8. The van der Waals surface area contributed by atoms with Crippen LogP contribution in [0.5, 0.6) is 0 Å². The molecule has 28 heavy (non-hydrogen) atoms. The summed E-state index contributed by atoms with van der Waals surface area (Å²) in [6, 6.07) is 3.74. The van der Waals surface area contributed by atoms with Crippen molar-refractivity contribution < 1.29 is 14.1 Å². The molecule has 3 fully saturated rings. The Bertz CT molecular complexity index is 838. The van der Waals surface area contributed by atoms with Crippen molar-refractivity contribution in [1.82, 2.24) is 20.0 Å². The first kappa shape index (κ1) is 17.4. The van der Waals surface area contributed by atoms with Crippen LogP contribution in [0.2, 0.25) is 0 Å². The van der Waals surface area contributed by atoms with Gasteiger partial charge in [-0.1, -0.05) is 5.16 Å². The largest absolute Gasteiger partial charge is 0.378 e. The number of aromatic nitrogens is 3. The number of rotatable bonds is 4. The highest BCUT2D eigenvalue weighted by Gasteiger charge is 2.31. The van der Waals surface area contributed by atoms with Crippen molar-refractivity contribution in [1.29, 1.82) is 0 Å². The Balaban J connectivity index is 1.21. The second kappa shape index (κ2) is 7.38. The molecular weight excluding hydrogens is 360 g/mol. The minimum atomic E-state index is -0.0491. The van der Waals surface area contributed by atoms with Crippen LogP contribution in [0, 0.1) is 0 Å². The summed E-state index contributed by atoms with van der Waals surface area (Å²) in [5, 5.41) is 3.98. The summed E-state index contributed by atoms with van der Waals surface area (Å²) in [5.74, 6) is 2.91. The lowest BCUT2D eigenvalue weighted by Gasteiger charge is -2.35. The molecule has 0 radical (unpaired) electrons. The normalized spacial score (nSPS) is 20.5. The molecule has 3 aliphatic rings. The van der Waals surface area contributed by atoms with Crippen molar-refractivity contribution in [3.05, 3.63) is 29.8 Å². The van der Waals surface area contributed by atoms with Gasteiger partial charge in [-0.25, -0.2) is 4.98 Å². The molecule has 0 bridgehead atoms. The minimum Gasteiger partial charge on any atom is -0.378 e. The quantitative estimate of drug-likeness (QED) is 0.776. The smallest absolute Gasteiger partial charge is 0.276 e. The Morgan fingerprint density at radius 1 is 1.04 bits per heavy atom. The molecule has 2 aromatic rings. The summed E-state index contributed by atoms with van der Waals surface area (Å²) in [5.41, 5.74) is 0.423. The minimum absolute atomic E-state index is 0.0491. The van der Waals surface area contributed by atoms with Gasteiger partial charge in [0.25, 0.3) is 5.91 Å². The number of amides is 1. The van der Waals surface area contributed by atoms with Crippen LogP contribution in [0.1, 0.15) is 35.0 Å². The van der Waals surface area contributed by atoms with Gasteiger partial charge in [-0.2, -0.15) is 4.98 Å². The van der Waals surface area contributed by atoms with Crippen LogP contribution in [-0.4, -0.2) is 78.4 Å². The highest BCUT2D eigenvalue weighted by Crippen LogP contribution is 2.40. The van der Waals surface area contributed by atoms with Crippen molar-refractivity contribution >= 4 is 17.7 Å². The number of nitrogens with zero attached hydrogens (tertiary/aromatic N) is 6. The van der Waals surface area contributed by atoms with Gasteiger partial charge < -0.3 is 24.0 Å². The molecule has 148 valence electrons. The summed E-state index contributed by atoms with van der Waals surface area (Å²) in [6.45, 7) is 5.79. The predicted molar refractivity (Wildman–Crippen MR) is 102 cm³/mol. The zero-order chi connectivity index (χ0) is 18.9. The van der Waals surface area contributed by atoms with Gasteiger partial charge >= 0.3 is 0 Å². The summed E-state index contributed by atoms with van der Waals surface area (Å²) in [6.07, 6.45) is 4.07. The maximum atomic E-state index is 12.7. The number of hydrogen-bond donors (Lipinski definition) is 0. The molecule has 5 rings (SSSR count). The maximum Gasteiger partial charge on any atom is 0.276 e. The van der Waals surface area contributed by atoms with Crippen LogP contribution in [0.3, 0.4) is 0 Å². The van der Waals surface area contributed by atoms with Gasteiger partial charge in [-0.05, 0) is 18.9 Å². The molecule has 1 amide bonds. The van der Waals surface area contributed by atoms with E-state index in [9.17, 15) is 4.79 Å². The van der Waals surface area contributed by atoms with E-state index < -0.39 is 0 Å². The third kappa shape index (κ3) is 3.54. The van der Waals surface area contributed by atoms with Crippen molar-refractivity contribution in [2.45, 2.75) is 18.8 Å². The Morgan fingerprint density at radius 2 is 1.82 bits per heavy atom. The molecule has 1 aliphatic carbocycles. The molecule has 0 N–H and O–H groups in total. The molecule has 0 unspecified atom stereocenters. The van der Waals surface area contributed by atoms with E-state index in [1.807, 2.05) is 17.0 Å². The number of morpholine rings is 1. The van der Waals surface area contributed by atoms with Gasteiger partial charge in [-0.3, -0.25) is 4.79 Å². The van der Waals surface area contributed by atoms with Gasteiger partial charge in [0.2, 0.25) is 5.95 Å². The number of ether oxygens (including phenoxy) is 1. The Kier molecular flexibility index (Phi) is 4.59. The topological polar surface area (TPSA) is 87.8 Å². The van der Waals surface area contributed by atoms with Crippen LogP contribution in [0.25, 0.3) is 0 Å². The molecule has 4 heterocycles. The number of hydrogen-bond acceptors (Lipinski definition) is 8. The fourth-order valence-corrected chi connectivity index (χ4v) is 3.68. The van der Waals surface area contributed by atoms with Crippen LogP contribution < -0.4 is 9.80 Å². The van der Waals surface area contributed by atoms with E-state index in [1.54, 1.807) is 6.20 Å². The molecule has 2 saturated heterocycles. The summed E-state index contributed by atoms with van der Waals surface area (Å²) in [4.78, 5) is 28.0. The lowest BCUT2D eigenvalue weighted by Crippen LogP contribution is -2.49. The fraction of sp³-hybridized carbons (Fsp3) is 0.579. The van der Waals surface area contributed by atoms with E-state index >= 15 is 0 Å². The lowest BCUT2D eigenvalue weighted by atomic mass is 10.2. The second-order valence-electron chi connectivity index (χ2n) is 7.48. The molecule has 1 saturated carbocycles. The first-order chi connectivity index (χ1) is 13.8. The van der Waals surface area contributed by atoms with E-state index in [4.69, 9.17) is 14.2 Å². The number of anilines is 2. The van der Waals surface area contributed by atoms with Crippen LogP contribution >= 0.6 is 0 Å². The van der Waals surface area contributed by atoms with Crippen molar-refractivity contribution in [2.24, 2.45) is 0 Å². The molecule has 2 aromatic heterocycles. The van der Waals surface area contributed by atoms with Gasteiger partial charge in [0, 0.05) is 57.4 Å². The van der Waals surface area contributed by atoms with Crippen molar-refractivity contribution in [3.63, 3.8) is 0 Å². The highest BCUT2D eigenvalue weighted by atomic mass is 16.5. The molecule has 2 aliphatic heterocycles. The third-order valence-corrected chi connectivity index (χ3v) is 5.54. The van der Waals surface area contributed by atoms with E-state index in [2.05, 4.69) is 19.9 Å². The monoisotopic (exact) mass is 384 g/mol. The molecular formula is C19H24N6O3. The fourth-order valence-electron chi connectivity index (χ4n) is 3.68. The standard InChI is InChI=1S/C19H24N6O3/c26-18(15-13-16(28-22-15)14-1-2-14)24-7-5-23(6-8-24)17-3-4-20-19(21-17)25-9-11-27-12-10-25/h3-4,13-14H,1-2,5-12H2. The lowest BCUT2D eigenvalue weighted by molar-refractivity contribution is 0.0736. The maximum absolute atomic E-state index is 12.7. The summed E-state index contributed by atoms with van der Waals surface area (Å²) >= 11 is 0. The van der Waals surface area contributed by atoms with Crippen LogP contribution in [-0.2, 0) is 4.74 Å². The Labute approximate surface area is 163 Å². The SMILES string of the molecule is O=C(c1cc(C2CC2)on1)N1CCN(c2ccnc(N3CCOCC3)n2)CC1. The van der Waals surface area contributed by atoms with Gasteiger partial charge in [0.15, 0.2) is 5.69 Å². The van der Waals surface area contributed by atoms with Gasteiger partial charge in [-0.15, -0.1) is 0 Å². The van der Waals surface area contributed by atoms with Crippen molar-refractivity contribution in [2.75, 3.05) is 62.3 Å². The van der Waals surface area contributed by atoms with Gasteiger partial charge in [0.05, 0.1) is 13.2 Å². The van der Waals surface area contributed by atoms with E-state index in [0.717, 1.165) is 56.5 Å². The van der Waals surface area contributed by atoms with E-state index in [0.29, 0.717) is 37.9 Å². The van der Waals surface area contributed by atoms with Crippen molar-refractivity contribution in [3.8, 4) is 0 Å². The molecule has 0 atom stereocenters. The average molecular weight is 384 g/mol. The first-order valence-electron chi connectivity index (χ1n) is 9.94. The van der Waals surface area contributed by atoms with E-state index in [1.165, 1.54) is 0 Å². The van der Waals surface area contributed by atoms with Crippen LogP contribution in [0.4, 0.5) is 11.8 Å². The Hall–Kier alpha value is -2.68. The number of carbonyl (C=O) groups is 1. The Morgan fingerprint density at radius 3 is 2.57 bits per heavy atom. The number of carbonyl (C=O) groups excluding carboxylic acids is 1. The summed E-state index contributed by atoms with van der Waals surface area (Å²) < 4.78 is 10.7. The van der Waals surface area contributed by atoms with E-state index in [-0.39, 0.29) is 5.91 Å². The summed E-state index contributed by atoms with van der Waals surface area (Å²) in [7, 11) is 0. The van der Waals surface area contributed by atoms with Gasteiger partial charge in [0.1, 0.15) is 11.6 Å². The molecule has 0 spiro atoms. The average Bonchev–Trinajstić information content (AvgIpc) is 3.51. The second-order valence-corrected chi connectivity index (χ2v) is 7.48. The molecule has 9 heteroatoms. The first-order valence-corrected chi connectivity index (χ1v) is 9.94. The highest BCUT2D eigenvalue weighted by molar-refractivity contribution is 5.92. The zero-order valence-corrected chi connectivity index (χ0v) is 15.8. The molecule has 0 aromatic carbocycles. The third-order valence-electron chi connectivity index (χ3n) is 5.54.